The van der Waals surface area contributed by atoms with E-state index >= 15 is 0 Å². The maximum Gasteiger partial charge on any atom is 0.148 e. The summed E-state index contributed by atoms with van der Waals surface area (Å²) in [6.45, 7) is 1.41. The third-order valence-electron chi connectivity index (χ3n) is 0.197. The first kappa shape index (κ1) is 9.16. The van der Waals surface area contributed by atoms with Crippen LogP contribution in [0.1, 0.15) is 14.4 Å². The van der Waals surface area contributed by atoms with Crippen LogP contribution in [0.25, 0.3) is 0 Å². The zero-order valence-electron chi connectivity index (χ0n) is 3.01. The van der Waals surface area contributed by atoms with Gasteiger partial charge in [0.15, 0.2) is 0 Å². The van der Waals surface area contributed by atoms with Crippen molar-refractivity contribution in [2.45, 2.75) is 20.5 Å². The van der Waals surface area contributed by atoms with Crippen LogP contribution >= 0.6 is 0 Å². The second kappa shape index (κ2) is 4.63. The summed E-state index contributed by atoms with van der Waals surface area (Å²) < 4.78 is 0. The SMILES string of the molecule is C.CC(O)C=O. The van der Waals surface area contributed by atoms with E-state index in [0.29, 0.717) is 6.29 Å². The lowest BCUT2D eigenvalue weighted by Crippen LogP contribution is -1.97. The number of rotatable bonds is 1. The summed E-state index contributed by atoms with van der Waals surface area (Å²) in [6, 6.07) is 0. The molecular formula is C4H10O2. The highest BCUT2D eigenvalue weighted by atomic mass is 16.3. The van der Waals surface area contributed by atoms with Gasteiger partial charge in [0.05, 0.1) is 0 Å². The van der Waals surface area contributed by atoms with Crippen LogP contribution in [0.4, 0.5) is 0 Å². The van der Waals surface area contributed by atoms with Crippen LogP contribution in [-0.4, -0.2) is 17.5 Å². The summed E-state index contributed by atoms with van der Waals surface area (Å²) in [7, 11) is 0. The van der Waals surface area contributed by atoms with Gasteiger partial charge in [0, 0.05) is 0 Å². The standard InChI is InChI=1S/C3H6O2.CH4/c1-3(5)2-4;/h2-3,5H,1H3;1H4. The normalized spacial score (nSPS) is 11.7. The Hall–Kier alpha value is -0.370. The minimum absolute atomic E-state index is 0. The molecule has 0 aliphatic rings. The van der Waals surface area contributed by atoms with Crippen LogP contribution < -0.4 is 0 Å². The Kier molecular flexibility index (Phi) is 7.07. The van der Waals surface area contributed by atoms with Gasteiger partial charge in [-0.2, -0.15) is 0 Å². The average Bonchev–Trinajstić information content (AvgIpc) is 1.38. The Bertz CT molecular complexity index is 32.5. The molecule has 0 bridgehead atoms. The summed E-state index contributed by atoms with van der Waals surface area (Å²) in [5.74, 6) is 0. The van der Waals surface area contributed by atoms with Crippen molar-refractivity contribution < 1.29 is 9.90 Å². The number of hydrogen-bond donors (Lipinski definition) is 1. The van der Waals surface area contributed by atoms with Crippen molar-refractivity contribution in [3.05, 3.63) is 0 Å². The summed E-state index contributed by atoms with van der Waals surface area (Å²) in [5, 5.41) is 7.99. The van der Waals surface area contributed by atoms with E-state index in [4.69, 9.17) is 5.11 Å². The number of carbonyl (C=O) groups excluding carboxylic acids is 1. The topological polar surface area (TPSA) is 37.3 Å². The second-order valence-corrected chi connectivity index (χ2v) is 0.877. The van der Waals surface area contributed by atoms with Gasteiger partial charge in [-0.1, -0.05) is 7.43 Å². The molecule has 2 heteroatoms. The quantitative estimate of drug-likeness (QED) is 0.467. The number of aliphatic hydroxyl groups excluding tert-OH is 1. The minimum Gasteiger partial charge on any atom is -0.386 e. The predicted molar refractivity (Wildman–Crippen MR) is 24.5 cm³/mol. The first-order chi connectivity index (χ1) is 2.27. The second-order valence-electron chi connectivity index (χ2n) is 0.877. The van der Waals surface area contributed by atoms with Gasteiger partial charge in [0.2, 0.25) is 0 Å². The molecule has 0 radical (unpaired) electrons. The lowest BCUT2D eigenvalue weighted by Gasteiger charge is -1.79. The fraction of sp³-hybridized carbons (Fsp3) is 0.750. The van der Waals surface area contributed by atoms with Gasteiger partial charge in [-0.15, -0.1) is 0 Å². The molecule has 0 aliphatic carbocycles. The number of aldehydes is 1. The molecule has 1 atom stereocenters. The third-order valence-corrected chi connectivity index (χ3v) is 0.197. The lowest BCUT2D eigenvalue weighted by molar-refractivity contribution is -0.114. The van der Waals surface area contributed by atoms with Crippen LogP contribution in [0.3, 0.4) is 0 Å². The first-order valence-corrected chi connectivity index (χ1v) is 1.40. The number of hydrogen-bond acceptors (Lipinski definition) is 2. The van der Waals surface area contributed by atoms with Crippen LogP contribution in [0.5, 0.6) is 0 Å². The molecule has 0 aliphatic heterocycles. The van der Waals surface area contributed by atoms with Gasteiger partial charge in [0.1, 0.15) is 12.4 Å². The molecule has 0 amide bonds. The van der Waals surface area contributed by atoms with E-state index in [1.807, 2.05) is 0 Å². The van der Waals surface area contributed by atoms with Crippen molar-refractivity contribution in [2.75, 3.05) is 0 Å². The smallest absolute Gasteiger partial charge is 0.148 e. The van der Waals surface area contributed by atoms with Crippen molar-refractivity contribution in [3.8, 4) is 0 Å². The summed E-state index contributed by atoms with van der Waals surface area (Å²) in [4.78, 5) is 9.25. The summed E-state index contributed by atoms with van der Waals surface area (Å²) in [5.41, 5.74) is 0. The van der Waals surface area contributed by atoms with Gasteiger partial charge >= 0.3 is 0 Å². The largest absolute Gasteiger partial charge is 0.386 e. The highest BCUT2D eigenvalue weighted by Crippen LogP contribution is 1.62. The highest BCUT2D eigenvalue weighted by molar-refractivity contribution is 5.54. The maximum atomic E-state index is 9.25. The highest BCUT2D eigenvalue weighted by Gasteiger charge is 1.81. The molecule has 0 aromatic carbocycles. The Morgan fingerprint density at radius 1 is 1.83 bits per heavy atom. The van der Waals surface area contributed by atoms with Crippen molar-refractivity contribution >= 4 is 6.29 Å². The molecular weight excluding hydrogens is 80.0 g/mol. The van der Waals surface area contributed by atoms with Crippen LogP contribution in [-0.2, 0) is 4.79 Å². The molecule has 0 aromatic heterocycles. The fourth-order valence-corrected chi connectivity index (χ4v) is 0. The molecule has 0 saturated heterocycles. The molecule has 1 unspecified atom stereocenters. The van der Waals surface area contributed by atoms with Gasteiger partial charge < -0.3 is 9.90 Å². The molecule has 0 saturated carbocycles. The van der Waals surface area contributed by atoms with E-state index in [1.54, 1.807) is 0 Å². The van der Waals surface area contributed by atoms with Crippen molar-refractivity contribution in [1.82, 2.24) is 0 Å². The van der Waals surface area contributed by atoms with Gasteiger partial charge in [-0.25, -0.2) is 0 Å². The zero-order valence-corrected chi connectivity index (χ0v) is 3.01. The molecule has 0 rings (SSSR count). The molecule has 38 valence electrons. The molecule has 0 spiro atoms. The van der Waals surface area contributed by atoms with E-state index in [2.05, 4.69) is 0 Å². The average molecular weight is 90.1 g/mol. The van der Waals surface area contributed by atoms with E-state index in [-0.39, 0.29) is 7.43 Å². The van der Waals surface area contributed by atoms with E-state index in [1.165, 1.54) is 6.92 Å². The number of carbonyl (C=O) groups is 1. The summed E-state index contributed by atoms with van der Waals surface area (Å²) in [6.07, 6.45) is -0.324. The van der Waals surface area contributed by atoms with Crippen molar-refractivity contribution in [2.24, 2.45) is 0 Å². The zero-order chi connectivity index (χ0) is 4.28. The Morgan fingerprint density at radius 2 is 2.00 bits per heavy atom. The van der Waals surface area contributed by atoms with Gasteiger partial charge in [-0.05, 0) is 6.92 Å². The lowest BCUT2D eigenvalue weighted by atomic mass is 10.5. The molecule has 0 heterocycles. The third kappa shape index (κ3) is 9.45. The monoisotopic (exact) mass is 90.1 g/mol. The molecule has 0 fully saturated rings. The number of aliphatic hydroxyl groups is 1. The van der Waals surface area contributed by atoms with Crippen LogP contribution in [0, 0.1) is 0 Å². The fourth-order valence-electron chi connectivity index (χ4n) is 0. The van der Waals surface area contributed by atoms with E-state index < -0.39 is 6.10 Å². The predicted octanol–water partition coefficient (Wildman–Crippen LogP) is 0.202. The van der Waals surface area contributed by atoms with Crippen LogP contribution in [0.15, 0.2) is 0 Å². The Balaban J connectivity index is 0. The summed E-state index contributed by atoms with van der Waals surface area (Å²) >= 11 is 0. The Morgan fingerprint density at radius 3 is 2.00 bits per heavy atom. The van der Waals surface area contributed by atoms with E-state index in [9.17, 15) is 4.79 Å². The van der Waals surface area contributed by atoms with E-state index in [0.717, 1.165) is 0 Å². The Labute approximate surface area is 37.8 Å². The van der Waals surface area contributed by atoms with Crippen molar-refractivity contribution in [3.63, 3.8) is 0 Å². The maximum absolute atomic E-state index is 9.25. The van der Waals surface area contributed by atoms with Crippen molar-refractivity contribution in [1.29, 1.82) is 0 Å². The van der Waals surface area contributed by atoms with Gasteiger partial charge in [0.25, 0.3) is 0 Å². The van der Waals surface area contributed by atoms with Crippen LogP contribution in [0.2, 0.25) is 0 Å². The molecule has 2 nitrogen and oxygen atoms in total. The minimum atomic E-state index is -0.796. The molecule has 0 aromatic rings. The first-order valence-electron chi connectivity index (χ1n) is 1.40. The molecule has 6 heavy (non-hydrogen) atoms. The van der Waals surface area contributed by atoms with Gasteiger partial charge in [-0.3, -0.25) is 0 Å². The molecule has 1 N–H and O–H groups in total.